The average Bonchev–Trinajstić information content (AvgIpc) is 3.00. The van der Waals surface area contributed by atoms with E-state index in [9.17, 15) is 9.18 Å². The second-order valence-electron chi connectivity index (χ2n) is 12.9. The standard InChI is InChI=1S/C39H43FN2O3/c1-27-20-33(25-42-19-10-9-16-36(42)38(43)45-39(3,4)5)37(44-26-29-21-34(40)24-41-23-29)22-32(27)18-17-30-14-11-15-35(28(30)2)31-12-7-6-8-13-31/h6-8,11-15,17-18,20-24,36H,9-10,16,19,25-26H2,1-5H3/b18-17+/t36-/m0/s1. The summed E-state index contributed by atoms with van der Waals surface area (Å²) < 4.78 is 26.0. The molecule has 4 aromatic rings. The second-order valence-corrected chi connectivity index (χ2v) is 12.9. The number of carbonyl (C=O) groups excluding carboxylic acids is 1. The highest BCUT2D eigenvalue weighted by atomic mass is 19.1. The predicted molar refractivity (Wildman–Crippen MR) is 179 cm³/mol. The largest absolute Gasteiger partial charge is 0.488 e. The molecule has 0 aliphatic carbocycles. The molecule has 0 unspecified atom stereocenters. The van der Waals surface area contributed by atoms with Crippen molar-refractivity contribution in [3.05, 3.63) is 118 Å². The van der Waals surface area contributed by atoms with E-state index in [1.165, 1.54) is 29.0 Å². The van der Waals surface area contributed by atoms with Gasteiger partial charge in [0.25, 0.3) is 0 Å². The highest BCUT2D eigenvalue weighted by Gasteiger charge is 2.33. The molecule has 3 aromatic carbocycles. The van der Waals surface area contributed by atoms with Gasteiger partial charge < -0.3 is 9.47 Å². The lowest BCUT2D eigenvalue weighted by molar-refractivity contribution is -0.163. The minimum atomic E-state index is -0.545. The molecule has 1 aliphatic heterocycles. The fourth-order valence-corrected chi connectivity index (χ4v) is 5.88. The molecule has 0 bridgehead atoms. The zero-order valence-corrected chi connectivity index (χ0v) is 27.0. The molecule has 1 aliphatic rings. The van der Waals surface area contributed by atoms with Gasteiger partial charge in [-0.15, -0.1) is 0 Å². The molecule has 1 fully saturated rings. The molecule has 1 aromatic heterocycles. The summed E-state index contributed by atoms with van der Waals surface area (Å²) in [6, 6.07) is 22.1. The number of carbonyl (C=O) groups is 1. The summed E-state index contributed by atoms with van der Waals surface area (Å²) in [5.41, 5.74) is 7.96. The zero-order valence-electron chi connectivity index (χ0n) is 27.0. The Labute approximate surface area is 266 Å². The molecule has 1 atom stereocenters. The van der Waals surface area contributed by atoms with Gasteiger partial charge in [-0.3, -0.25) is 14.7 Å². The highest BCUT2D eigenvalue weighted by Crippen LogP contribution is 2.32. The maximum atomic E-state index is 13.9. The third kappa shape index (κ3) is 8.46. The van der Waals surface area contributed by atoms with Gasteiger partial charge in [0.1, 0.15) is 29.8 Å². The summed E-state index contributed by atoms with van der Waals surface area (Å²) in [6.45, 7) is 11.5. The fraction of sp³-hybridized carbons (Fsp3) is 0.333. The summed E-state index contributed by atoms with van der Waals surface area (Å²) in [6.07, 6.45) is 9.84. The van der Waals surface area contributed by atoms with Crippen LogP contribution >= 0.6 is 0 Å². The average molecular weight is 607 g/mol. The van der Waals surface area contributed by atoms with Crippen molar-refractivity contribution in [1.29, 1.82) is 0 Å². The van der Waals surface area contributed by atoms with Crippen LogP contribution in [0.1, 0.15) is 73.4 Å². The number of hydrogen-bond donors (Lipinski definition) is 0. The van der Waals surface area contributed by atoms with Crippen molar-refractivity contribution < 1.29 is 18.7 Å². The first-order valence-electron chi connectivity index (χ1n) is 15.7. The molecule has 45 heavy (non-hydrogen) atoms. The SMILES string of the molecule is Cc1cc(CN2CCCC[C@H]2C(=O)OC(C)(C)C)c(OCc2cncc(F)c2)cc1/C=C/c1cccc(-c2ccccc2)c1C. The number of nitrogens with zero attached hydrogens (tertiary/aromatic N) is 2. The van der Waals surface area contributed by atoms with Crippen molar-refractivity contribution in [3.63, 3.8) is 0 Å². The lowest BCUT2D eigenvalue weighted by Crippen LogP contribution is -2.46. The number of aryl methyl sites for hydroxylation is 1. The van der Waals surface area contributed by atoms with Crippen LogP contribution in [-0.2, 0) is 22.7 Å². The first-order chi connectivity index (χ1) is 21.6. The molecule has 0 spiro atoms. The molecule has 5 rings (SSSR count). The van der Waals surface area contributed by atoms with Crippen LogP contribution in [0.4, 0.5) is 4.39 Å². The zero-order chi connectivity index (χ0) is 32.0. The Morgan fingerprint density at radius 2 is 1.76 bits per heavy atom. The van der Waals surface area contributed by atoms with Crippen molar-refractivity contribution in [1.82, 2.24) is 9.88 Å². The molecule has 0 saturated carbocycles. The minimum Gasteiger partial charge on any atom is -0.488 e. The van der Waals surface area contributed by atoms with Gasteiger partial charge in [-0.25, -0.2) is 4.39 Å². The van der Waals surface area contributed by atoms with Gasteiger partial charge in [0.05, 0.1) is 6.20 Å². The molecule has 6 heteroatoms. The molecular formula is C39H43FN2O3. The number of rotatable bonds is 9. The van der Waals surface area contributed by atoms with Crippen LogP contribution in [0.3, 0.4) is 0 Å². The molecular weight excluding hydrogens is 563 g/mol. The number of ether oxygens (including phenoxy) is 2. The monoisotopic (exact) mass is 606 g/mol. The van der Waals surface area contributed by atoms with Crippen LogP contribution < -0.4 is 4.74 Å². The smallest absolute Gasteiger partial charge is 0.323 e. The van der Waals surface area contributed by atoms with Gasteiger partial charge >= 0.3 is 5.97 Å². The predicted octanol–water partition coefficient (Wildman–Crippen LogP) is 8.95. The number of likely N-dealkylation sites (tertiary alicyclic amines) is 1. The number of halogens is 1. The Morgan fingerprint density at radius 1 is 0.978 bits per heavy atom. The second kappa shape index (κ2) is 14.2. The maximum Gasteiger partial charge on any atom is 0.323 e. The third-order valence-corrected chi connectivity index (χ3v) is 8.17. The molecule has 0 radical (unpaired) electrons. The Morgan fingerprint density at radius 3 is 2.51 bits per heavy atom. The van der Waals surface area contributed by atoms with Gasteiger partial charge in [0.15, 0.2) is 0 Å². The van der Waals surface area contributed by atoms with Crippen LogP contribution in [0, 0.1) is 19.7 Å². The Kier molecular flexibility index (Phi) is 10.1. The lowest BCUT2D eigenvalue weighted by atomic mass is 9.95. The summed E-state index contributed by atoms with van der Waals surface area (Å²) in [5.74, 6) is 0.123. The molecule has 5 nitrogen and oxygen atoms in total. The van der Waals surface area contributed by atoms with E-state index in [-0.39, 0.29) is 18.6 Å². The number of benzene rings is 3. The number of piperidine rings is 1. The number of esters is 1. The summed E-state index contributed by atoms with van der Waals surface area (Å²) in [7, 11) is 0. The van der Waals surface area contributed by atoms with Crippen molar-refractivity contribution in [2.24, 2.45) is 0 Å². The number of pyridine rings is 1. The minimum absolute atomic E-state index is 0.178. The van der Waals surface area contributed by atoms with Gasteiger partial charge in [-0.2, -0.15) is 0 Å². The van der Waals surface area contributed by atoms with Gasteiger partial charge in [-0.05, 0) is 99.5 Å². The van der Waals surface area contributed by atoms with Gasteiger partial charge in [-0.1, -0.05) is 73.2 Å². The lowest BCUT2D eigenvalue weighted by Gasteiger charge is -2.36. The van der Waals surface area contributed by atoms with E-state index in [0.29, 0.717) is 17.9 Å². The van der Waals surface area contributed by atoms with E-state index in [0.717, 1.165) is 48.1 Å². The Bertz CT molecular complexity index is 1660. The summed E-state index contributed by atoms with van der Waals surface area (Å²) in [4.78, 5) is 19.4. The molecule has 0 amide bonds. The van der Waals surface area contributed by atoms with Crippen molar-refractivity contribution in [2.45, 2.75) is 78.7 Å². The van der Waals surface area contributed by atoms with Crippen molar-refractivity contribution >= 4 is 18.1 Å². The first kappa shape index (κ1) is 32.1. The van der Waals surface area contributed by atoms with Crippen LogP contribution in [0.2, 0.25) is 0 Å². The van der Waals surface area contributed by atoms with Gasteiger partial charge in [0, 0.05) is 23.9 Å². The third-order valence-electron chi connectivity index (χ3n) is 8.17. The van der Waals surface area contributed by atoms with E-state index in [1.54, 1.807) is 6.20 Å². The number of aromatic nitrogens is 1. The first-order valence-corrected chi connectivity index (χ1v) is 15.7. The molecule has 0 N–H and O–H groups in total. The van der Waals surface area contributed by atoms with Crippen molar-refractivity contribution in [2.75, 3.05) is 6.54 Å². The van der Waals surface area contributed by atoms with E-state index in [2.05, 4.69) is 90.5 Å². The maximum absolute atomic E-state index is 13.9. The molecule has 2 heterocycles. The van der Waals surface area contributed by atoms with E-state index in [4.69, 9.17) is 9.47 Å². The number of hydrogen-bond acceptors (Lipinski definition) is 5. The summed E-state index contributed by atoms with van der Waals surface area (Å²) in [5, 5.41) is 0. The summed E-state index contributed by atoms with van der Waals surface area (Å²) >= 11 is 0. The normalized spacial score (nSPS) is 15.7. The van der Waals surface area contributed by atoms with E-state index < -0.39 is 11.4 Å². The van der Waals surface area contributed by atoms with Crippen LogP contribution in [0.25, 0.3) is 23.3 Å². The Balaban J connectivity index is 1.45. The van der Waals surface area contributed by atoms with Crippen molar-refractivity contribution in [3.8, 4) is 16.9 Å². The topological polar surface area (TPSA) is 51.7 Å². The quantitative estimate of drug-likeness (QED) is 0.141. The van der Waals surface area contributed by atoms with Gasteiger partial charge in [0.2, 0.25) is 0 Å². The fourth-order valence-electron chi connectivity index (χ4n) is 5.88. The Hall–Kier alpha value is -4.29. The molecule has 234 valence electrons. The van der Waals surface area contributed by atoms with Crippen LogP contribution in [-0.4, -0.2) is 34.0 Å². The van der Waals surface area contributed by atoms with E-state index in [1.807, 2.05) is 26.8 Å². The highest BCUT2D eigenvalue weighted by molar-refractivity contribution is 5.79. The van der Waals surface area contributed by atoms with E-state index >= 15 is 0 Å². The van der Waals surface area contributed by atoms with Crippen LogP contribution in [0.15, 0.2) is 79.1 Å². The van der Waals surface area contributed by atoms with Crippen LogP contribution in [0.5, 0.6) is 5.75 Å². The molecule has 1 saturated heterocycles.